The normalized spacial score (nSPS) is 16.1. The Hall–Kier alpha value is -2.17. The van der Waals surface area contributed by atoms with Crippen LogP contribution >= 0.6 is 15.9 Å². The molecule has 0 radical (unpaired) electrons. The molecule has 1 saturated heterocycles. The number of benzene rings is 2. The molecule has 1 aliphatic rings. The van der Waals surface area contributed by atoms with Crippen LogP contribution in [0.15, 0.2) is 74.4 Å². The zero-order valence-corrected chi connectivity index (χ0v) is 13.6. The van der Waals surface area contributed by atoms with Gasteiger partial charge < -0.3 is 0 Å². The fraction of sp³-hybridized carbons (Fsp3) is 0.0714. The molecule has 0 amide bonds. The van der Waals surface area contributed by atoms with Gasteiger partial charge in [0.2, 0.25) is 12.1 Å². The number of azo groups is 1. The van der Waals surface area contributed by atoms with Crippen molar-refractivity contribution in [3.05, 3.63) is 64.6 Å². The lowest BCUT2D eigenvalue weighted by Gasteiger charge is -2.05. The summed E-state index contributed by atoms with van der Waals surface area (Å²) in [5.74, 6) is 0.476. The Morgan fingerprint density at radius 3 is 2.35 bits per heavy atom. The van der Waals surface area contributed by atoms with E-state index in [0.29, 0.717) is 5.84 Å². The highest BCUT2D eigenvalue weighted by atomic mass is 79.9. The maximum atomic E-state index is 4.35. The summed E-state index contributed by atoms with van der Waals surface area (Å²) in [6.45, 7) is 0. The summed E-state index contributed by atoms with van der Waals surface area (Å²) < 4.78 is 1.01. The van der Waals surface area contributed by atoms with Crippen LogP contribution in [-0.2, 0) is 0 Å². The Balaban J connectivity index is 1.79. The monoisotopic (exact) mass is 374 g/mol. The molecular weight excluding hydrogens is 360 g/mol. The molecule has 0 aliphatic carbocycles. The number of hydrogen-bond donors (Lipinski definition) is 5. The molecule has 118 valence electrons. The molecule has 2 aromatic rings. The number of nitrogens with zero attached hydrogens (tertiary/aromatic N) is 3. The summed E-state index contributed by atoms with van der Waals surface area (Å²) in [5.41, 5.74) is 15.7. The minimum absolute atomic E-state index is 0.378. The Labute approximate surface area is 141 Å². The van der Waals surface area contributed by atoms with E-state index in [1.165, 1.54) is 0 Å². The van der Waals surface area contributed by atoms with Gasteiger partial charge in [-0.1, -0.05) is 46.3 Å². The zero-order valence-electron chi connectivity index (χ0n) is 12.0. The van der Waals surface area contributed by atoms with Crippen molar-refractivity contribution in [1.82, 2.24) is 21.9 Å². The van der Waals surface area contributed by atoms with Crippen molar-refractivity contribution in [1.29, 1.82) is 0 Å². The van der Waals surface area contributed by atoms with Crippen LogP contribution in [0.5, 0.6) is 0 Å². The minimum atomic E-state index is -0.378. The van der Waals surface area contributed by atoms with E-state index in [4.69, 9.17) is 0 Å². The number of hydrogen-bond acceptors (Lipinski definition) is 7. The van der Waals surface area contributed by atoms with Gasteiger partial charge in [0.1, 0.15) is 0 Å². The summed E-state index contributed by atoms with van der Waals surface area (Å²) in [7, 11) is 0. The first-order chi connectivity index (χ1) is 11.3. The predicted octanol–water partition coefficient (Wildman–Crippen LogP) is 2.08. The van der Waals surface area contributed by atoms with Crippen molar-refractivity contribution in [2.75, 3.05) is 5.43 Å². The van der Waals surface area contributed by atoms with Crippen LogP contribution in [0, 0.1) is 0 Å². The first kappa shape index (κ1) is 15.7. The summed E-state index contributed by atoms with van der Waals surface area (Å²) in [4.78, 5) is 0. The largest absolute Gasteiger partial charge is 0.276 e. The third-order valence-corrected chi connectivity index (χ3v) is 3.44. The number of amidine groups is 1. The number of rotatable bonds is 4. The van der Waals surface area contributed by atoms with E-state index in [9.17, 15) is 0 Å². The van der Waals surface area contributed by atoms with Crippen LogP contribution in [-0.4, -0.2) is 12.1 Å². The maximum Gasteiger partial charge on any atom is 0.201 e. The predicted molar refractivity (Wildman–Crippen MR) is 91.9 cm³/mol. The Bertz CT molecular complexity index is 680. The average molecular weight is 375 g/mol. The van der Waals surface area contributed by atoms with E-state index in [1.54, 1.807) is 0 Å². The molecule has 2 aromatic carbocycles. The summed E-state index contributed by atoms with van der Waals surface area (Å²) in [6, 6.07) is 17.3. The van der Waals surface area contributed by atoms with Crippen LogP contribution in [0.2, 0.25) is 0 Å². The standard InChI is InChI=1S/C14H15BrN8/c15-11-6-8-12(9-7-11)16-17-13(10-4-2-1-3-5-10)18-19-14-20-22-23-21-14/h1-9,14,16,20-23H/b17-13+,19-18?. The van der Waals surface area contributed by atoms with Gasteiger partial charge >= 0.3 is 0 Å². The van der Waals surface area contributed by atoms with Crippen molar-refractivity contribution in [2.45, 2.75) is 6.29 Å². The van der Waals surface area contributed by atoms with Crippen LogP contribution in [0.4, 0.5) is 5.69 Å². The van der Waals surface area contributed by atoms with Crippen molar-refractivity contribution in [2.24, 2.45) is 15.3 Å². The Kier molecular flexibility index (Phi) is 5.40. The maximum absolute atomic E-state index is 4.35. The Morgan fingerprint density at radius 2 is 1.65 bits per heavy atom. The zero-order chi connectivity index (χ0) is 15.9. The molecule has 1 fully saturated rings. The molecule has 0 aromatic heterocycles. The number of nitrogens with one attached hydrogen (secondary N) is 5. The second-order valence-electron chi connectivity index (χ2n) is 4.58. The third kappa shape index (κ3) is 4.65. The lowest BCUT2D eigenvalue weighted by atomic mass is 10.2. The number of hydrazine groups is 3. The van der Waals surface area contributed by atoms with E-state index in [2.05, 4.69) is 58.6 Å². The molecule has 5 N–H and O–H groups in total. The smallest absolute Gasteiger partial charge is 0.201 e. The first-order valence-electron chi connectivity index (χ1n) is 6.88. The molecule has 0 unspecified atom stereocenters. The van der Waals surface area contributed by atoms with Crippen molar-refractivity contribution in [3.63, 3.8) is 0 Å². The molecule has 1 aliphatic heterocycles. The fourth-order valence-electron chi connectivity index (χ4n) is 1.79. The molecular formula is C14H15BrN8. The molecule has 8 nitrogen and oxygen atoms in total. The second kappa shape index (κ2) is 7.90. The van der Waals surface area contributed by atoms with Crippen molar-refractivity contribution in [3.8, 4) is 0 Å². The number of anilines is 1. The highest BCUT2D eigenvalue weighted by Crippen LogP contribution is 2.14. The van der Waals surface area contributed by atoms with Crippen molar-refractivity contribution < 1.29 is 0 Å². The van der Waals surface area contributed by atoms with Gasteiger partial charge in [-0.25, -0.2) is 10.9 Å². The van der Waals surface area contributed by atoms with Crippen LogP contribution < -0.4 is 27.3 Å². The molecule has 0 bridgehead atoms. The molecule has 0 atom stereocenters. The van der Waals surface area contributed by atoms with Gasteiger partial charge in [0, 0.05) is 10.0 Å². The van der Waals surface area contributed by atoms with Crippen LogP contribution in [0.1, 0.15) is 5.56 Å². The topological polar surface area (TPSA) is 97.2 Å². The molecule has 0 saturated carbocycles. The second-order valence-corrected chi connectivity index (χ2v) is 5.49. The van der Waals surface area contributed by atoms with Gasteiger partial charge in [-0.05, 0) is 24.3 Å². The lowest BCUT2D eigenvalue weighted by Crippen LogP contribution is -2.33. The SMILES string of the molecule is Brc1ccc(N/N=C(/N=NC2NNNN2)c2ccccc2)cc1. The van der Waals surface area contributed by atoms with Gasteiger partial charge in [0.05, 0.1) is 5.69 Å². The molecule has 23 heavy (non-hydrogen) atoms. The highest BCUT2D eigenvalue weighted by Gasteiger charge is 2.11. The molecule has 0 spiro atoms. The Morgan fingerprint density at radius 1 is 0.957 bits per heavy atom. The van der Waals surface area contributed by atoms with E-state index in [1.807, 2.05) is 54.6 Å². The lowest BCUT2D eigenvalue weighted by molar-refractivity contribution is 0.528. The van der Waals surface area contributed by atoms with E-state index < -0.39 is 0 Å². The number of hydrazone groups is 1. The van der Waals surface area contributed by atoms with E-state index in [0.717, 1.165) is 15.7 Å². The fourth-order valence-corrected chi connectivity index (χ4v) is 2.05. The molecule has 9 heteroatoms. The van der Waals surface area contributed by atoms with Gasteiger partial charge in [-0.15, -0.1) is 10.2 Å². The van der Waals surface area contributed by atoms with Gasteiger partial charge in [0.15, 0.2) is 0 Å². The van der Waals surface area contributed by atoms with Crippen LogP contribution in [0.3, 0.4) is 0 Å². The van der Waals surface area contributed by atoms with Crippen LogP contribution in [0.25, 0.3) is 0 Å². The minimum Gasteiger partial charge on any atom is -0.276 e. The summed E-state index contributed by atoms with van der Waals surface area (Å²) >= 11 is 3.40. The van der Waals surface area contributed by atoms with Crippen molar-refractivity contribution >= 4 is 27.5 Å². The quantitative estimate of drug-likeness (QED) is 0.244. The highest BCUT2D eigenvalue weighted by molar-refractivity contribution is 9.10. The average Bonchev–Trinajstić information content (AvgIpc) is 3.11. The summed E-state index contributed by atoms with van der Waals surface area (Å²) in [5, 5.41) is 12.7. The third-order valence-electron chi connectivity index (χ3n) is 2.92. The van der Waals surface area contributed by atoms with E-state index >= 15 is 0 Å². The first-order valence-corrected chi connectivity index (χ1v) is 7.67. The number of halogens is 1. The van der Waals surface area contributed by atoms with Gasteiger partial charge in [-0.3, -0.25) is 5.43 Å². The van der Waals surface area contributed by atoms with Gasteiger partial charge in [0.25, 0.3) is 0 Å². The summed E-state index contributed by atoms with van der Waals surface area (Å²) in [6.07, 6.45) is -0.378. The van der Waals surface area contributed by atoms with Gasteiger partial charge in [-0.2, -0.15) is 16.2 Å². The van der Waals surface area contributed by atoms with E-state index in [-0.39, 0.29) is 6.29 Å². The molecule has 3 rings (SSSR count). The molecule has 1 heterocycles.